The van der Waals surface area contributed by atoms with Crippen molar-refractivity contribution in [2.45, 2.75) is 178 Å². The highest BCUT2D eigenvalue weighted by Gasteiger charge is 2.69. The topological polar surface area (TPSA) is 194 Å². The standard InChI is InChI=1S/C39H62O13/c1-16(2)34-39(52-33-31(45)28(42)18(4)47-36(33)50-34)14-17(3)27-25(51-39)13-22-20-12-24(41)23-11-19(7-9-37(23,5)21(20)8-10-38(22,27)6)48-35-32(46)30(44)29(43)26(15-40)49-35/h16-23,25-36,40,42-46H,7-15H2,1-6H3/t17-,18-,19+,20-,21+,22+,23-,25+,26-,27+,28+,29-,30+,31+,32-,33-,34+,35-,36+,37-,38+,39-/m1/s1. The minimum Gasteiger partial charge on any atom is -0.394 e. The fourth-order valence-corrected chi connectivity index (χ4v) is 13.2. The summed E-state index contributed by atoms with van der Waals surface area (Å²) in [5.41, 5.74) is -0.213. The molecule has 8 fully saturated rings. The molecule has 296 valence electrons. The summed E-state index contributed by atoms with van der Waals surface area (Å²) >= 11 is 0. The molecule has 0 radical (unpaired) electrons. The minimum atomic E-state index is -1.51. The predicted molar refractivity (Wildman–Crippen MR) is 182 cm³/mol. The van der Waals surface area contributed by atoms with Gasteiger partial charge in [0.2, 0.25) is 0 Å². The molecule has 52 heavy (non-hydrogen) atoms. The number of ketones is 1. The van der Waals surface area contributed by atoms with Crippen molar-refractivity contribution in [2.24, 2.45) is 52.3 Å². The van der Waals surface area contributed by atoms with Gasteiger partial charge in [-0.3, -0.25) is 4.79 Å². The van der Waals surface area contributed by atoms with Crippen LogP contribution in [0.2, 0.25) is 0 Å². The van der Waals surface area contributed by atoms with Gasteiger partial charge in [-0.15, -0.1) is 0 Å². The molecular formula is C39H62O13. The highest BCUT2D eigenvalue weighted by atomic mass is 16.8. The van der Waals surface area contributed by atoms with Crippen LogP contribution in [-0.4, -0.2) is 129 Å². The molecule has 4 aliphatic heterocycles. The van der Waals surface area contributed by atoms with E-state index in [-0.39, 0.29) is 58.4 Å². The van der Waals surface area contributed by atoms with Crippen molar-refractivity contribution in [3.63, 3.8) is 0 Å². The second kappa shape index (κ2) is 13.4. The van der Waals surface area contributed by atoms with Crippen molar-refractivity contribution < 1.29 is 63.9 Å². The number of carbonyl (C=O) groups excluding carboxylic acids is 1. The molecule has 0 bridgehead atoms. The second-order valence-corrected chi connectivity index (χ2v) is 18.9. The highest BCUT2D eigenvalue weighted by Crippen LogP contribution is 2.70. The average molecular weight is 739 g/mol. The van der Waals surface area contributed by atoms with Gasteiger partial charge in [0, 0.05) is 18.8 Å². The van der Waals surface area contributed by atoms with Crippen LogP contribution in [0.4, 0.5) is 0 Å². The number of ether oxygens (including phenoxy) is 6. The molecule has 8 aliphatic rings. The Morgan fingerprint density at radius 3 is 2.29 bits per heavy atom. The molecule has 4 aliphatic carbocycles. The van der Waals surface area contributed by atoms with Gasteiger partial charge >= 0.3 is 0 Å². The van der Waals surface area contributed by atoms with Crippen LogP contribution in [0.5, 0.6) is 0 Å². The number of rotatable bonds is 4. The van der Waals surface area contributed by atoms with Gasteiger partial charge in [-0.2, -0.15) is 0 Å². The number of hydrogen-bond donors (Lipinski definition) is 6. The van der Waals surface area contributed by atoms with Crippen LogP contribution in [-0.2, 0) is 33.2 Å². The maximum atomic E-state index is 14.3. The molecule has 8 rings (SSSR count). The molecule has 0 aromatic carbocycles. The van der Waals surface area contributed by atoms with E-state index in [1.165, 1.54) is 0 Å². The van der Waals surface area contributed by atoms with Crippen LogP contribution < -0.4 is 0 Å². The molecule has 0 aromatic rings. The molecule has 0 unspecified atom stereocenters. The van der Waals surface area contributed by atoms with Gasteiger partial charge in [0.25, 0.3) is 0 Å². The van der Waals surface area contributed by atoms with Gasteiger partial charge in [0.05, 0.1) is 24.9 Å². The Hall–Kier alpha value is -0.810. The van der Waals surface area contributed by atoms with Gasteiger partial charge in [0.15, 0.2) is 18.4 Å². The van der Waals surface area contributed by atoms with Crippen molar-refractivity contribution >= 4 is 5.78 Å². The van der Waals surface area contributed by atoms with E-state index in [0.717, 1.165) is 25.7 Å². The summed E-state index contributed by atoms with van der Waals surface area (Å²) in [4.78, 5) is 14.3. The Bertz CT molecular complexity index is 1350. The van der Waals surface area contributed by atoms with E-state index in [4.69, 9.17) is 28.4 Å². The van der Waals surface area contributed by atoms with E-state index in [9.17, 15) is 35.4 Å². The third-order valence-corrected chi connectivity index (χ3v) is 15.7. The maximum Gasteiger partial charge on any atom is 0.196 e. The van der Waals surface area contributed by atoms with Crippen molar-refractivity contribution in [3.8, 4) is 0 Å². The first-order valence-corrected chi connectivity index (χ1v) is 20.0. The summed E-state index contributed by atoms with van der Waals surface area (Å²) in [6.45, 7) is 12.4. The van der Waals surface area contributed by atoms with Crippen molar-refractivity contribution in [3.05, 3.63) is 0 Å². The zero-order valence-electron chi connectivity index (χ0n) is 31.5. The lowest BCUT2D eigenvalue weighted by Crippen LogP contribution is -2.71. The molecule has 22 atom stereocenters. The minimum absolute atomic E-state index is 0.00969. The Kier molecular flexibility index (Phi) is 9.82. The Balaban J connectivity index is 0.998. The summed E-state index contributed by atoms with van der Waals surface area (Å²) in [7, 11) is 0. The fraction of sp³-hybridized carbons (Fsp3) is 0.974. The van der Waals surface area contributed by atoms with Crippen LogP contribution >= 0.6 is 0 Å². The molecular weight excluding hydrogens is 676 g/mol. The van der Waals surface area contributed by atoms with Gasteiger partial charge in [-0.05, 0) is 91.8 Å². The van der Waals surface area contributed by atoms with E-state index >= 15 is 0 Å². The molecule has 0 aromatic heterocycles. The van der Waals surface area contributed by atoms with E-state index < -0.39 is 79.9 Å². The predicted octanol–water partition coefficient (Wildman–Crippen LogP) is 1.65. The molecule has 13 nitrogen and oxygen atoms in total. The summed E-state index contributed by atoms with van der Waals surface area (Å²) in [5.74, 6) is 0.406. The van der Waals surface area contributed by atoms with Gasteiger partial charge in [0.1, 0.15) is 54.6 Å². The van der Waals surface area contributed by atoms with Crippen LogP contribution in [0.25, 0.3) is 0 Å². The molecule has 6 N–H and O–H groups in total. The fourth-order valence-electron chi connectivity index (χ4n) is 13.2. The van der Waals surface area contributed by atoms with Crippen LogP contribution in [0.15, 0.2) is 0 Å². The first-order valence-electron chi connectivity index (χ1n) is 20.0. The second-order valence-electron chi connectivity index (χ2n) is 18.9. The summed E-state index contributed by atoms with van der Waals surface area (Å²) in [6, 6.07) is 0. The third kappa shape index (κ3) is 5.65. The number of aliphatic hydroxyl groups excluding tert-OH is 6. The number of hydrogen-bond acceptors (Lipinski definition) is 13. The average Bonchev–Trinajstić information content (AvgIpc) is 3.40. The van der Waals surface area contributed by atoms with Crippen LogP contribution in [0, 0.1) is 52.3 Å². The Labute approximate surface area is 306 Å². The number of Topliss-reactive ketones (excluding diaryl/α,β-unsaturated/α-hetero) is 1. The quantitative estimate of drug-likeness (QED) is 0.228. The molecule has 4 saturated heterocycles. The summed E-state index contributed by atoms with van der Waals surface area (Å²) in [6.07, 6.45) is -6.12. The highest BCUT2D eigenvalue weighted by molar-refractivity contribution is 5.83. The lowest BCUT2D eigenvalue weighted by molar-refractivity contribution is -0.457. The lowest BCUT2D eigenvalue weighted by atomic mass is 9.44. The van der Waals surface area contributed by atoms with E-state index in [1.54, 1.807) is 6.92 Å². The monoisotopic (exact) mass is 738 g/mol. The number of aliphatic hydroxyl groups is 6. The van der Waals surface area contributed by atoms with Crippen molar-refractivity contribution in [1.29, 1.82) is 0 Å². The molecule has 0 amide bonds. The van der Waals surface area contributed by atoms with Crippen molar-refractivity contribution in [2.75, 3.05) is 6.61 Å². The number of carbonyl (C=O) groups is 1. The largest absolute Gasteiger partial charge is 0.394 e. The van der Waals surface area contributed by atoms with E-state index in [1.807, 2.05) is 0 Å². The smallest absolute Gasteiger partial charge is 0.196 e. The SMILES string of the molecule is CC(C)[C@@H]1O[C@@H]2O[C@H](C)[C@H](O)[C@H](O)[C@H]2O[C@]12C[C@@H](C)[C@H]1[C@H](C[C@H]3[C@@H]4CC(=O)[C@H]5C[C@@H](O[C@@H]6O[C@H](CO)[C@@H](O)[C@H](O)[C@H]6O)CC[C@]5(C)[C@H]4CC[C@]13C)O2. The van der Waals surface area contributed by atoms with Crippen LogP contribution in [0.3, 0.4) is 0 Å². The van der Waals surface area contributed by atoms with Gasteiger partial charge < -0.3 is 59.1 Å². The molecule has 4 heterocycles. The zero-order chi connectivity index (χ0) is 37.2. The molecule has 1 spiro atoms. The summed E-state index contributed by atoms with van der Waals surface area (Å²) in [5, 5.41) is 62.5. The molecule has 13 heteroatoms. The lowest BCUT2D eigenvalue weighted by Gasteiger charge is -2.61. The summed E-state index contributed by atoms with van der Waals surface area (Å²) < 4.78 is 38.4. The van der Waals surface area contributed by atoms with Gasteiger partial charge in [-0.25, -0.2) is 0 Å². The first kappa shape index (κ1) is 38.1. The normalized spacial score (nSPS) is 58.9. The number of fused-ring (bicyclic) bond motifs is 8. The van der Waals surface area contributed by atoms with Crippen molar-refractivity contribution in [1.82, 2.24) is 0 Å². The maximum absolute atomic E-state index is 14.3. The van der Waals surface area contributed by atoms with E-state index in [0.29, 0.717) is 37.5 Å². The molecule has 4 saturated carbocycles. The first-order chi connectivity index (χ1) is 24.5. The van der Waals surface area contributed by atoms with E-state index in [2.05, 4.69) is 34.6 Å². The third-order valence-electron chi connectivity index (χ3n) is 15.7. The van der Waals surface area contributed by atoms with Crippen LogP contribution in [0.1, 0.15) is 92.9 Å². The Morgan fingerprint density at radius 2 is 1.58 bits per heavy atom. The zero-order valence-corrected chi connectivity index (χ0v) is 31.5. The van der Waals surface area contributed by atoms with Gasteiger partial charge in [-0.1, -0.05) is 34.6 Å². The Morgan fingerprint density at radius 1 is 0.846 bits per heavy atom.